The summed E-state index contributed by atoms with van der Waals surface area (Å²) in [5.41, 5.74) is 1.35. The molecule has 1 saturated heterocycles. The zero-order valence-electron chi connectivity index (χ0n) is 7.25. The van der Waals surface area contributed by atoms with Crippen LogP contribution in [0.3, 0.4) is 0 Å². The lowest BCUT2D eigenvalue weighted by atomic mass is 10.2. The van der Waals surface area contributed by atoms with Crippen LogP contribution in [-0.4, -0.2) is 49.0 Å². The number of hydrogen-bond donors (Lipinski definition) is 1. The van der Waals surface area contributed by atoms with Crippen LogP contribution < -0.4 is 0 Å². The molecule has 0 aromatic carbocycles. The van der Waals surface area contributed by atoms with Gasteiger partial charge in [-0.25, -0.2) is 0 Å². The van der Waals surface area contributed by atoms with Gasteiger partial charge in [0.05, 0.1) is 25.9 Å². The van der Waals surface area contributed by atoms with Gasteiger partial charge in [0.25, 0.3) is 0 Å². The van der Waals surface area contributed by atoms with Crippen LogP contribution in [0.25, 0.3) is 0 Å². The summed E-state index contributed by atoms with van der Waals surface area (Å²) in [5.74, 6) is 0. The Labute approximate surface area is 87.9 Å². The van der Waals surface area contributed by atoms with Gasteiger partial charge in [0.2, 0.25) is 0 Å². The fourth-order valence-electron chi connectivity index (χ4n) is 1.29. The van der Waals surface area contributed by atoms with Crippen LogP contribution >= 0.6 is 23.2 Å². The Morgan fingerprint density at radius 3 is 3.08 bits per heavy atom. The van der Waals surface area contributed by atoms with Crippen LogP contribution in [0, 0.1) is 0 Å². The number of hydrogen-bond acceptors (Lipinski definition) is 3. The zero-order valence-corrected chi connectivity index (χ0v) is 8.76. The average Bonchev–Trinajstić information content (AvgIpc) is 2.18. The van der Waals surface area contributed by atoms with E-state index in [1.807, 2.05) is 0 Å². The van der Waals surface area contributed by atoms with Crippen molar-refractivity contribution in [3.63, 3.8) is 0 Å². The molecule has 1 atom stereocenters. The van der Waals surface area contributed by atoms with Gasteiger partial charge < -0.3 is 9.84 Å². The van der Waals surface area contributed by atoms with Gasteiger partial charge in [0, 0.05) is 23.7 Å². The molecule has 13 heavy (non-hydrogen) atoms. The SMILES string of the molecule is OCC1COCCN1CC(Cl)=CCl. The van der Waals surface area contributed by atoms with E-state index in [1.54, 1.807) is 0 Å². The maximum absolute atomic E-state index is 9.03. The van der Waals surface area contributed by atoms with Gasteiger partial charge in [-0.1, -0.05) is 23.2 Å². The Morgan fingerprint density at radius 1 is 1.69 bits per heavy atom. The molecule has 5 heteroatoms. The summed E-state index contributed by atoms with van der Waals surface area (Å²) in [5, 5.41) is 9.62. The van der Waals surface area contributed by atoms with Crippen molar-refractivity contribution in [2.45, 2.75) is 6.04 Å². The van der Waals surface area contributed by atoms with Gasteiger partial charge in [-0.2, -0.15) is 0 Å². The second-order valence-electron chi connectivity index (χ2n) is 2.94. The monoisotopic (exact) mass is 225 g/mol. The van der Waals surface area contributed by atoms with E-state index in [0.29, 0.717) is 24.8 Å². The van der Waals surface area contributed by atoms with E-state index in [9.17, 15) is 0 Å². The maximum atomic E-state index is 9.03. The third-order valence-corrected chi connectivity index (χ3v) is 2.64. The largest absolute Gasteiger partial charge is 0.395 e. The fourth-order valence-corrected chi connectivity index (χ4v) is 1.52. The van der Waals surface area contributed by atoms with Crippen LogP contribution in [-0.2, 0) is 4.74 Å². The topological polar surface area (TPSA) is 32.7 Å². The Morgan fingerprint density at radius 2 is 2.46 bits per heavy atom. The highest BCUT2D eigenvalue weighted by atomic mass is 35.5. The minimum Gasteiger partial charge on any atom is -0.395 e. The van der Waals surface area contributed by atoms with Crippen molar-refractivity contribution >= 4 is 23.2 Å². The van der Waals surface area contributed by atoms with Gasteiger partial charge in [0.1, 0.15) is 0 Å². The lowest BCUT2D eigenvalue weighted by Crippen LogP contribution is -2.47. The smallest absolute Gasteiger partial charge is 0.0645 e. The van der Waals surface area contributed by atoms with E-state index in [2.05, 4.69) is 4.90 Å². The lowest BCUT2D eigenvalue weighted by molar-refractivity contribution is -0.0223. The minimum atomic E-state index is 0.0408. The van der Waals surface area contributed by atoms with Crippen molar-refractivity contribution < 1.29 is 9.84 Å². The molecule has 76 valence electrons. The summed E-state index contributed by atoms with van der Waals surface area (Å²) in [4.78, 5) is 2.06. The molecule has 3 nitrogen and oxygen atoms in total. The molecular weight excluding hydrogens is 213 g/mol. The molecule has 0 aliphatic carbocycles. The molecule has 1 unspecified atom stereocenters. The second kappa shape index (κ2) is 5.83. The first-order valence-corrected chi connectivity index (χ1v) is 4.96. The maximum Gasteiger partial charge on any atom is 0.0645 e. The van der Waals surface area contributed by atoms with Crippen molar-refractivity contribution in [3.8, 4) is 0 Å². The molecule has 0 spiro atoms. The summed E-state index contributed by atoms with van der Waals surface area (Å²) >= 11 is 11.2. The van der Waals surface area contributed by atoms with Gasteiger partial charge >= 0.3 is 0 Å². The number of aliphatic hydroxyl groups excluding tert-OH is 1. The minimum absolute atomic E-state index is 0.0408. The van der Waals surface area contributed by atoms with E-state index in [0.717, 1.165) is 6.54 Å². The number of aliphatic hydroxyl groups is 1. The van der Waals surface area contributed by atoms with Gasteiger partial charge in [-0.05, 0) is 0 Å². The first-order valence-electron chi connectivity index (χ1n) is 4.15. The number of rotatable bonds is 3. The molecule has 0 saturated carbocycles. The van der Waals surface area contributed by atoms with Crippen molar-refractivity contribution in [3.05, 3.63) is 10.6 Å². The normalized spacial score (nSPS) is 26.4. The second-order valence-corrected chi connectivity index (χ2v) is 3.64. The molecule has 1 aliphatic rings. The molecule has 1 rings (SSSR count). The highest BCUT2D eigenvalue weighted by Crippen LogP contribution is 2.12. The predicted molar refractivity (Wildman–Crippen MR) is 53.1 cm³/mol. The summed E-state index contributed by atoms with van der Waals surface area (Å²) in [6.07, 6.45) is 0. The quantitative estimate of drug-likeness (QED) is 0.779. The van der Waals surface area contributed by atoms with E-state index >= 15 is 0 Å². The van der Waals surface area contributed by atoms with Crippen LogP contribution in [0.15, 0.2) is 10.6 Å². The summed E-state index contributed by atoms with van der Waals surface area (Å²) in [6, 6.07) is 0.0408. The molecule has 1 aliphatic heterocycles. The van der Waals surface area contributed by atoms with Crippen LogP contribution in [0.2, 0.25) is 0 Å². The number of morpholine rings is 1. The molecule has 0 bridgehead atoms. The highest BCUT2D eigenvalue weighted by molar-refractivity contribution is 6.36. The third kappa shape index (κ3) is 3.44. The van der Waals surface area contributed by atoms with E-state index < -0.39 is 0 Å². The molecule has 1 fully saturated rings. The first-order chi connectivity index (χ1) is 6.27. The van der Waals surface area contributed by atoms with E-state index in [1.165, 1.54) is 5.54 Å². The molecule has 0 aromatic rings. The van der Waals surface area contributed by atoms with Gasteiger partial charge in [-0.3, -0.25) is 4.90 Å². The Kier molecular flexibility index (Phi) is 5.06. The first kappa shape index (κ1) is 11.3. The Bertz CT molecular complexity index is 187. The van der Waals surface area contributed by atoms with Gasteiger partial charge in [-0.15, -0.1) is 0 Å². The number of halogens is 2. The average molecular weight is 226 g/mol. The highest BCUT2D eigenvalue weighted by Gasteiger charge is 2.22. The van der Waals surface area contributed by atoms with Gasteiger partial charge in [0.15, 0.2) is 0 Å². The van der Waals surface area contributed by atoms with Crippen LogP contribution in [0.1, 0.15) is 0 Å². The summed E-state index contributed by atoms with van der Waals surface area (Å²) < 4.78 is 5.22. The third-order valence-electron chi connectivity index (χ3n) is 2.03. The zero-order chi connectivity index (χ0) is 9.68. The molecule has 1 heterocycles. The molecule has 0 amide bonds. The van der Waals surface area contributed by atoms with Crippen molar-refractivity contribution in [1.82, 2.24) is 4.90 Å². The van der Waals surface area contributed by atoms with E-state index in [4.69, 9.17) is 33.0 Å². The van der Waals surface area contributed by atoms with Crippen molar-refractivity contribution in [2.24, 2.45) is 0 Å². The van der Waals surface area contributed by atoms with Crippen molar-refractivity contribution in [1.29, 1.82) is 0 Å². The molecular formula is C8H13Cl2NO2. The summed E-state index contributed by atoms with van der Waals surface area (Å²) in [7, 11) is 0. The Hall–Kier alpha value is 0.200. The number of nitrogens with zero attached hydrogens (tertiary/aromatic N) is 1. The number of ether oxygens (including phenoxy) is 1. The van der Waals surface area contributed by atoms with Crippen molar-refractivity contribution in [2.75, 3.05) is 32.9 Å². The van der Waals surface area contributed by atoms with Crippen LogP contribution in [0.4, 0.5) is 0 Å². The molecule has 1 N–H and O–H groups in total. The lowest BCUT2D eigenvalue weighted by Gasteiger charge is -2.33. The molecule has 0 radical (unpaired) electrons. The summed E-state index contributed by atoms with van der Waals surface area (Å²) in [6.45, 7) is 2.70. The standard InChI is InChI=1S/C8H13Cl2NO2/c9-3-7(10)4-11-1-2-13-6-8(11)5-12/h3,8,12H,1-2,4-6H2. The Balaban J connectivity index is 2.45. The molecule has 0 aromatic heterocycles. The fraction of sp³-hybridized carbons (Fsp3) is 0.750. The predicted octanol–water partition coefficient (Wildman–Crippen LogP) is 0.998. The van der Waals surface area contributed by atoms with E-state index in [-0.39, 0.29) is 12.6 Å². The van der Waals surface area contributed by atoms with Crippen LogP contribution in [0.5, 0.6) is 0 Å².